The fourth-order valence-electron chi connectivity index (χ4n) is 1.95. The van der Waals surface area contributed by atoms with Gasteiger partial charge in [0.05, 0.1) is 23.2 Å². The number of hydrogen-bond donors (Lipinski definition) is 0. The van der Waals surface area contributed by atoms with Crippen LogP contribution in [-0.2, 0) is 4.74 Å². The molecule has 0 amide bonds. The minimum atomic E-state index is -0.0738. The van der Waals surface area contributed by atoms with Crippen molar-refractivity contribution in [1.82, 2.24) is 4.98 Å². The molecule has 0 radical (unpaired) electrons. The van der Waals surface area contributed by atoms with Crippen molar-refractivity contribution in [3.05, 3.63) is 33.4 Å². The fraction of sp³-hybridized carbons (Fsp3) is 0.357. The SMILES string of the molecule is CCOC(C)c1cc2cc(Br)c(OC)cc2nc1Cl. The van der Waals surface area contributed by atoms with Gasteiger partial charge >= 0.3 is 0 Å². The first-order valence-corrected chi connectivity index (χ1v) is 7.19. The van der Waals surface area contributed by atoms with E-state index in [4.69, 9.17) is 21.1 Å². The molecule has 1 aromatic carbocycles. The Hall–Kier alpha value is -0.840. The Labute approximate surface area is 126 Å². The van der Waals surface area contributed by atoms with Gasteiger partial charge in [0.2, 0.25) is 0 Å². The van der Waals surface area contributed by atoms with Gasteiger partial charge in [-0.1, -0.05) is 11.6 Å². The molecule has 102 valence electrons. The molecule has 1 unspecified atom stereocenters. The molecule has 1 aromatic heterocycles. The quantitative estimate of drug-likeness (QED) is 0.750. The Bertz CT molecular complexity index is 604. The Morgan fingerprint density at radius 3 is 2.74 bits per heavy atom. The summed E-state index contributed by atoms with van der Waals surface area (Å²) in [6.45, 7) is 4.57. The van der Waals surface area contributed by atoms with E-state index in [1.807, 2.05) is 32.0 Å². The summed E-state index contributed by atoms with van der Waals surface area (Å²) in [5, 5.41) is 1.47. The van der Waals surface area contributed by atoms with Crippen LogP contribution in [0.5, 0.6) is 5.75 Å². The molecule has 0 spiro atoms. The summed E-state index contributed by atoms with van der Waals surface area (Å²) in [5.74, 6) is 0.738. The second kappa shape index (κ2) is 6.07. The monoisotopic (exact) mass is 343 g/mol. The summed E-state index contributed by atoms with van der Waals surface area (Å²) >= 11 is 9.70. The van der Waals surface area contributed by atoms with E-state index in [0.29, 0.717) is 11.8 Å². The number of rotatable bonds is 4. The van der Waals surface area contributed by atoms with Crippen molar-refractivity contribution in [3.8, 4) is 5.75 Å². The Morgan fingerprint density at radius 2 is 2.11 bits per heavy atom. The minimum Gasteiger partial charge on any atom is -0.495 e. The number of methoxy groups -OCH3 is 1. The van der Waals surface area contributed by atoms with Gasteiger partial charge in [-0.05, 0) is 41.9 Å². The molecule has 0 aliphatic heterocycles. The molecule has 2 aromatic rings. The summed E-state index contributed by atoms with van der Waals surface area (Å²) in [7, 11) is 1.62. The first-order chi connectivity index (χ1) is 9.06. The summed E-state index contributed by atoms with van der Waals surface area (Å²) in [5.41, 5.74) is 1.70. The van der Waals surface area contributed by atoms with Crippen LogP contribution in [0.25, 0.3) is 10.9 Å². The lowest BCUT2D eigenvalue weighted by molar-refractivity contribution is 0.0763. The molecule has 0 saturated carbocycles. The van der Waals surface area contributed by atoms with E-state index in [9.17, 15) is 0 Å². The van der Waals surface area contributed by atoms with Crippen LogP contribution in [0, 0.1) is 0 Å². The van der Waals surface area contributed by atoms with Gasteiger partial charge in [0.1, 0.15) is 10.9 Å². The Kier molecular flexibility index (Phi) is 4.66. The molecule has 0 bridgehead atoms. The van der Waals surface area contributed by atoms with E-state index in [-0.39, 0.29) is 6.10 Å². The maximum atomic E-state index is 6.23. The first-order valence-electron chi connectivity index (χ1n) is 6.02. The lowest BCUT2D eigenvalue weighted by atomic mass is 10.1. The van der Waals surface area contributed by atoms with Crippen LogP contribution in [0.2, 0.25) is 5.15 Å². The molecule has 1 atom stereocenters. The minimum absolute atomic E-state index is 0.0738. The molecule has 0 saturated heterocycles. The molecule has 1 heterocycles. The smallest absolute Gasteiger partial charge is 0.135 e. The molecule has 2 rings (SSSR count). The number of hydrogen-bond acceptors (Lipinski definition) is 3. The van der Waals surface area contributed by atoms with Crippen molar-refractivity contribution in [2.45, 2.75) is 20.0 Å². The van der Waals surface area contributed by atoms with E-state index in [2.05, 4.69) is 20.9 Å². The molecule has 0 aliphatic carbocycles. The molecule has 5 heteroatoms. The van der Waals surface area contributed by atoms with Crippen LogP contribution >= 0.6 is 27.5 Å². The van der Waals surface area contributed by atoms with Crippen molar-refractivity contribution in [1.29, 1.82) is 0 Å². The predicted molar refractivity (Wildman–Crippen MR) is 81.0 cm³/mol. The molecular formula is C14H15BrClNO2. The Morgan fingerprint density at radius 1 is 1.37 bits per heavy atom. The third kappa shape index (κ3) is 3.02. The number of ether oxygens (including phenoxy) is 2. The van der Waals surface area contributed by atoms with Gasteiger partial charge in [0.25, 0.3) is 0 Å². The zero-order valence-corrected chi connectivity index (χ0v) is 13.4. The van der Waals surface area contributed by atoms with Crippen molar-refractivity contribution in [2.75, 3.05) is 13.7 Å². The van der Waals surface area contributed by atoms with Gasteiger partial charge in [-0.2, -0.15) is 0 Å². The molecule has 19 heavy (non-hydrogen) atoms. The Balaban J connectivity index is 2.56. The van der Waals surface area contributed by atoms with Gasteiger partial charge < -0.3 is 9.47 Å². The summed E-state index contributed by atoms with van der Waals surface area (Å²) in [4.78, 5) is 4.41. The van der Waals surface area contributed by atoms with E-state index >= 15 is 0 Å². The van der Waals surface area contributed by atoms with E-state index < -0.39 is 0 Å². The third-order valence-corrected chi connectivity index (χ3v) is 3.85. The van der Waals surface area contributed by atoms with Crippen molar-refractivity contribution < 1.29 is 9.47 Å². The number of nitrogens with zero attached hydrogens (tertiary/aromatic N) is 1. The van der Waals surface area contributed by atoms with Crippen LogP contribution in [-0.4, -0.2) is 18.7 Å². The number of fused-ring (bicyclic) bond motifs is 1. The van der Waals surface area contributed by atoms with Crippen LogP contribution in [0.4, 0.5) is 0 Å². The maximum Gasteiger partial charge on any atom is 0.135 e. The average molecular weight is 345 g/mol. The highest BCUT2D eigenvalue weighted by molar-refractivity contribution is 9.10. The molecule has 0 aliphatic rings. The van der Waals surface area contributed by atoms with Crippen LogP contribution in [0.1, 0.15) is 25.5 Å². The lowest BCUT2D eigenvalue weighted by Crippen LogP contribution is -2.01. The van der Waals surface area contributed by atoms with Crippen molar-refractivity contribution in [2.24, 2.45) is 0 Å². The third-order valence-electron chi connectivity index (χ3n) is 2.92. The topological polar surface area (TPSA) is 31.4 Å². The highest BCUT2D eigenvalue weighted by atomic mass is 79.9. The van der Waals surface area contributed by atoms with Gasteiger partial charge in [0.15, 0.2) is 0 Å². The predicted octanol–water partition coefficient (Wildman–Crippen LogP) is 4.76. The summed E-state index contributed by atoms with van der Waals surface area (Å²) in [6.07, 6.45) is -0.0738. The molecule has 3 nitrogen and oxygen atoms in total. The van der Waals surface area contributed by atoms with Gasteiger partial charge in [-0.25, -0.2) is 4.98 Å². The molecule has 0 fully saturated rings. The van der Waals surface area contributed by atoms with Gasteiger partial charge in [-0.15, -0.1) is 0 Å². The van der Waals surface area contributed by atoms with Crippen LogP contribution in [0.15, 0.2) is 22.7 Å². The fourth-order valence-corrected chi connectivity index (χ4v) is 2.77. The summed E-state index contributed by atoms with van der Waals surface area (Å²) in [6, 6.07) is 5.84. The molecular weight excluding hydrogens is 330 g/mol. The van der Waals surface area contributed by atoms with E-state index in [1.54, 1.807) is 7.11 Å². The van der Waals surface area contributed by atoms with Gasteiger partial charge in [-0.3, -0.25) is 0 Å². The maximum absolute atomic E-state index is 6.23. The standard InChI is InChI=1S/C14H15BrClNO2/c1-4-19-8(2)10-5-9-6-11(15)13(18-3)7-12(9)17-14(10)16/h5-8H,4H2,1-3H3. The lowest BCUT2D eigenvalue weighted by Gasteiger charge is -2.14. The average Bonchev–Trinajstić information content (AvgIpc) is 2.38. The van der Waals surface area contributed by atoms with E-state index in [0.717, 1.165) is 26.7 Å². The van der Waals surface area contributed by atoms with Crippen molar-refractivity contribution in [3.63, 3.8) is 0 Å². The largest absolute Gasteiger partial charge is 0.495 e. The van der Waals surface area contributed by atoms with Crippen LogP contribution in [0.3, 0.4) is 0 Å². The zero-order valence-electron chi connectivity index (χ0n) is 11.0. The molecule has 0 N–H and O–H groups in total. The first kappa shape index (κ1) is 14.6. The van der Waals surface area contributed by atoms with E-state index in [1.165, 1.54) is 0 Å². The van der Waals surface area contributed by atoms with Gasteiger partial charge in [0, 0.05) is 23.6 Å². The number of benzene rings is 1. The van der Waals surface area contributed by atoms with Crippen LogP contribution < -0.4 is 4.74 Å². The summed E-state index contributed by atoms with van der Waals surface area (Å²) < 4.78 is 11.7. The van der Waals surface area contributed by atoms with Crippen molar-refractivity contribution >= 4 is 38.4 Å². The second-order valence-corrected chi connectivity index (χ2v) is 5.36. The zero-order chi connectivity index (χ0) is 14.0. The number of aromatic nitrogens is 1. The number of pyridine rings is 1. The normalized spacial score (nSPS) is 12.7. The second-order valence-electron chi connectivity index (χ2n) is 4.15. The number of halogens is 2. The highest BCUT2D eigenvalue weighted by Crippen LogP contribution is 2.33. The highest BCUT2D eigenvalue weighted by Gasteiger charge is 2.13.